The Morgan fingerprint density at radius 3 is 2.60 bits per heavy atom. The van der Waals surface area contributed by atoms with Crippen molar-refractivity contribution in [1.82, 2.24) is 24.9 Å². The van der Waals surface area contributed by atoms with E-state index in [4.69, 9.17) is 16.6 Å². The first-order valence-corrected chi connectivity index (χ1v) is 10.8. The number of amides is 3. The number of hydrogen-bond donors (Lipinski definition) is 1. The van der Waals surface area contributed by atoms with Crippen LogP contribution in [0.3, 0.4) is 0 Å². The molecule has 0 radical (unpaired) electrons. The van der Waals surface area contributed by atoms with Crippen molar-refractivity contribution in [3.63, 3.8) is 0 Å². The Bertz CT molecular complexity index is 852. The van der Waals surface area contributed by atoms with Crippen molar-refractivity contribution in [2.24, 2.45) is 10.9 Å². The highest BCUT2D eigenvalue weighted by Gasteiger charge is 2.49. The Morgan fingerprint density at radius 1 is 1.20 bits per heavy atom. The fourth-order valence-electron chi connectivity index (χ4n) is 4.36. The molecule has 30 heavy (non-hydrogen) atoms. The summed E-state index contributed by atoms with van der Waals surface area (Å²) >= 11 is 6.11. The molecule has 3 amide bonds. The molecule has 4 rings (SSSR count). The van der Waals surface area contributed by atoms with E-state index in [1.54, 1.807) is 7.05 Å². The number of likely N-dealkylation sites (N-methyl/N-ethyl adjacent to an activating group) is 1. The quantitative estimate of drug-likeness (QED) is 0.783. The third-order valence-electron chi connectivity index (χ3n) is 5.85. The van der Waals surface area contributed by atoms with E-state index in [9.17, 15) is 9.59 Å². The third kappa shape index (κ3) is 4.11. The summed E-state index contributed by atoms with van der Waals surface area (Å²) < 4.78 is 0. The van der Waals surface area contributed by atoms with Crippen LogP contribution in [-0.4, -0.2) is 89.5 Å². The van der Waals surface area contributed by atoms with Crippen LogP contribution in [0.4, 0.5) is 4.79 Å². The van der Waals surface area contributed by atoms with Gasteiger partial charge in [0.25, 0.3) is 5.91 Å². The number of nitrogens with zero attached hydrogens (tertiary/aromatic N) is 5. The number of carbonyl (C=O) groups is 2. The van der Waals surface area contributed by atoms with E-state index in [1.165, 1.54) is 10.5 Å². The molecule has 1 aromatic rings. The summed E-state index contributed by atoms with van der Waals surface area (Å²) in [7, 11) is 1.70. The Balaban J connectivity index is 1.47. The summed E-state index contributed by atoms with van der Waals surface area (Å²) in [6, 6.07) is 7.13. The van der Waals surface area contributed by atoms with Gasteiger partial charge in [0, 0.05) is 51.3 Å². The number of halogens is 1. The summed E-state index contributed by atoms with van der Waals surface area (Å²) in [5, 5.41) is 3.22. The molecule has 3 heterocycles. The predicted molar refractivity (Wildman–Crippen MR) is 116 cm³/mol. The van der Waals surface area contributed by atoms with Crippen molar-refractivity contribution in [3.05, 3.63) is 34.9 Å². The molecule has 0 saturated carbocycles. The van der Waals surface area contributed by atoms with Gasteiger partial charge in [0.1, 0.15) is 0 Å². The molecular weight excluding hydrogens is 404 g/mol. The molecule has 3 aliphatic rings. The van der Waals surface area contributed by atoms with Gasteiger partial charge in [-0.3, -0.25) is 15.0 Å². The van der Waals surface area contributed by atoms with Gasteiger partial charge < -0.3 is 14.7 Å². The van der Waals surface area contributed by atoms with Gasteiger partial charge in [0.05, 0.1) is 0 Å². The highest BCUT2D eigenvalue weighted by molar-refractivity contribution is 6.30. The molecule has 2 saturated heterocycles. The maximum absolute atomic E-state index is 12.6. The van der Waals surface area contributed by atoms with Crippen molar-refractivity contribution in [3.8, 4) is 0 Å². The van der Waals surface area contributed by atoms with E-state index in [1.807, 2.05) is 18.2 Å². The number of carbonyl (C=O) groups excluding carboxylic acids is 2. The molecule has 1 N–H and O–H groups in total. The van der Waals surface area contributed by atoms with Crippen LogP contribution in [0.1, 0.15) is 19.4 Å². The smallest absolute Gasteiger partial charge is 0.325 e. The zero-order valence-corrected chi connectivity index (χ0v) is 18.5. The van der Waals surface area contributed by atoms with Gasteiger partial charge >= 0.3 is 6.03 Å². The molecule has 0 aliphatic carbocycles. The molecule has 9 heteroatoms. The van der Waals surface area contributed by atoms with Gasteiger partial charge in [-0.25, -0.2) is 9.79 Å². The molecule has 8 nitrogen and oxygen atoms in total. The van der Waals surface area contributed by atoms with E-state index in [2.05, 4.69) is 39.9 Å². The predicted octanol–water partition coefficient (Wildman–Crippen LogP) is 1.66. The first kappa shape index (κ1) is 20.9. The summed E-state index contributed by atoms with van der Waals surface area (Å²) in [5.41, 5.74) is 1.21. The molecule has 0 spiro atoms. The number of aliphatic imine (C=N–C) groups is 1. The number of piperazine rings is 1. The van der Waals surface area contributed by atoms with Gasteiger partial charge in [0.2, 0.25) is 0 Å². The van der Waals surface area contributed by atoms with Crippen LogP contribution >= 0.6 is 11.6 Å². The van der Waals surface area contributed by atoms with Crippen LogP contribution in [0.2, 0.25) is 5.02 Å². The number of hydrogen-bond acceptors (Lipinski definition) is 6. The maximum Gasteiger partial charge on any atom is 0.325 e. The zero-order valence-electron chi connectivity index (χ0n) is 17.7. The Kier molecular flexibility index (Phi) is 5.88. The van der Waals surface area contributed by atoms with Crippen molar-refractivity contribution < 1.29 is 9.59 Å². The molecule has 2 fully saturated rings. The van der Waals surface area contributed by atoms with Gasteiger partial charge in [-0.2, -0.15) is 0 Å². The summed E-state index contributed by atoms with van der Waals surface area (Å²) in [4.78, 5) is 37.8. The zero-order chi connectivity index (χ0) is 21.4. The minimum absolute atomic E-state index is 0.262. The third-order valence-corrected chi connectivity index (χ3v) is 6.09. The second-order valence-corrected chi connectivity index (χ2v) is 9.07. The summed E-state index contributed by atoms with van der Waals surface area (Å²) in [6.07, 6.45) is -0.468. The number of imide groups is 1. The number of rotatable bonds is 4. The van der Waals surface area contributed by atoms with E-state index >= 15 is 0 Å². The SMILES string of the molecule is CC(C)CN1C(N2CCN(Cc3cccc(Cl)c3)CC2)=NC2C1C(=O)NC(=O)N2C. The topological polar surface area (TPSA) is 71.5 Å². The fourth-order valence-corrected chi connectivity index (χ4v) is 4.58. The van der Waals surface area contributed by atoms with Gasteiger partial charge in [-0.05, 0) is 23.6 Å². The molecule has 2 atom stereocenters. The lowest BCUT2D eigenvalue weighted by molar-refractivity contribution is -0.127. The van der Waals surface area contributed by atoms with Crippen LogP contribution in [-0.2, 0) is 11.3 Å². The van der Waals surface area contributed by atoms with Crippen LogP contribution in [0.5, 0.6) is 0 Å². The Labute approximate surface area is 182 Å². The Hall–Kier alpha value is -2.32. The van der Waals surface area contributed by atoms with Gasteiger partial charge in [-0.15, -0.1) is 0 Å². The molecule has 0 bridgehead atoms. The lowest BCUT2D eigenvalue weighted by Gasteiger charge is -2.41. The number of guanidine groups is 1. The molecule has 1 aromatic carbocycles. The second-order valence-electron chi connectivity index (χ2n) is 8.63. The first-order valence-electron chi connectivity index (χ1n) is 10.5. The number of benzene rings is 1. The highest BCUT2D eigenvalue weighted by atomic mass is 35.5. The average molecular weight is 433 g/mol. The maximum atomic E-state index is 12.6. The number of urea groups is 1. The van der Waals surface area contributed by atoms with Gasteiger partial charge in [0.15, 0.2) is 18.2 Å². The Morgan fingerprint density at radius 2 is 1.93 bits per heavy atom. The second kappa shape index (κ2) is 8.43. The van der Waals surface area contributed by atoms with E-state index in [0.29, 0.717) is 5.92 Å². The average Bonchev–Trinajstić information content (AvgIpc) is 3.06. The monoisotopic (exact) mass is 432 g/mol. The van der Waals surface area contributed by atoms with Crippen molar-refractivity contribution in [2.75, 3.05) is 39.8 Å². The first-order chi connectivity index (χ1) is 14.3. The minimum atomic E-state index is -0.468. The van der Waals surface area contributed by atoms with Crippen molar-refractivity contribution in [1.29, 1.82) is 0 Å². The normalized spacial score (nSPS) is 25.0. The molecular formula is C21H29ClN6O2. The lowest BCUT2D eigenvalue weighted by Crippen LogP contribution is -2.65. The molecule has 162 valence electrons. The number of fused-ring (bicyclic) bond motifs is 1. The van der Waals surface area contributed by atoms with Crippen molar-refractivity contribution >= 4 is 29.5 Å². The highest BCUT2D eigenvalue weighted by Crippen LogP contribution is 2.27. The van der Waals surface area contributed by atoms with E-state index in [-0.39, 0.29) is 11.9 Å². The molecule has 3 aliphatic heterocycles. The molecule has 0 aromatic heterocycles. The van der Waals surface area contributed by atoms with E-state index in [0.717, 1.165) is 50.3 Å². The summed E-state index contributed by atoms with van der Waals surface area (Å²) in [6.45, 7) is 9.29. The van der Waals surface area contributed by atoms with Crippen LogP contribution in [0, 0.1) is 5.92 Å². The summed E-state index contributed by atoms with van der Waals surface area (Å²) in [5.74, 6) is 0.939. The van der Waals surface area contributed by atoms with Crippen LogP contribution < -0.4 is 5.32 Å². The lowest BCUT2D eigenvalue weighted by atomic mass is 10.1. The standard InChI is InChI=1S/C21H29ClN6O2/c1-14(2)12-28-17-18(25(3)21(30)24-19(17)29)23-20(28)27-9-7-26(8-10-27)13-15-5-4-6-16(22)11-15/h4-6,11,14,17-18H,7-10,12-13H2,1-3H3,(H,24,29,30). The minimum Gasteiger partial charge on any atom is -0.340 e. The van der Waals surface area contributed by atoms with Gasteiger partial charge in [-0.1, -0.05) is 37.6 Å². The van der Waals surface area contributed by atoms with Crippen LogP contribution in [0.25, 0.3) is 0 Å². The van der Waals surface area contributed by atoms with Crippen molar-refractivity contribution in [2.45, 2.75) is 32.6 Å². The van der Waals surface area contributed by atoms with E-state index < -0.39 is 12.2 Å². The largest absolute Gasteiger partial charge is 0.340 e. The number of nitrogens with one attached hydrogen (secondary N) is 1. The molecule has 2 unspecified atom stereocenters. The fraction of sp³-hybridized carbons (Fsp3) is 0.571. The van der Waals surface area contributed by atoms with Crippen LogP contribution in [0.15, 0.2) is 29.3 Å².